The number of carbonyl (C=O) groups excluding carboxylic acids is 1. The predicted molar refractivity (Wildman–Crippen MR) is 122 cm³/mol. The summed E-state index contributed by atoms with van der Waals surface area (Å²) in [5.41, 5.74) is 8.78. The van der Waals surface area contributed by atoms with E-state index in [1.807, 2.05) is 42.5 Å². The van der Waals surface area contributed by atoms with Crippen molar-refractivity contribution in [1.29, 1.82) is 0 Å². The van der Waals surface area contributed by atoms with Crippen molar-refractivity contribution < 1.29 is 9.90 Å². The molecule has 7 heteroatoms. The van der Waals surface area contributed by atoms with Crippen molar-refractivity contribution in [1.82, 2.24) is 9.97 Å². The van der Waals surface area contributed by atoms with Gasteiger partial charge in [0, 0.05) is 36.1 Å². The van der Waals surface area contributed by atoms with Crippen LogP contribution in [0.2, 0.25) is 5.02 Å². The second-order valence-corrected chi connectivity index (χ2v) is 8.26. The van der Waals surface area contributed by atoms with Gasteiger partial charge in [-0.05, 0) is 47.6 Å². The van der Waals surface area contributed by atoms with E-state index in [-0.39, 0.29) is 12.3 Å². The molecular weight excluding hydrogens is 412 g/mol. The zero-order chi connectivity index (χ0) is 21.8. The molecule has 0 radical (unpaired) electrons. The Kier molecular flexibility index (Phi) is 6.49. The summed E-state index contributed by atoms with van der Waals surface area (Å²) in [7, 11) is 0. The lowest BCUT2D eigenvalue weighted by Gasteiger charge is -2.34. The highest BCUT2D eigenvalue weighted by molar-refractivity contribution is 6.33. The van der Waals surface area contributed by atoms with E-state index in [2.05, 4.69) is 14.9 Å². The zero-order valence-electron chi connectivity index (χ0n) is 17.1. The Morgan fingerprint density at radius 2 is 1.84 bits per heavy atom. The number of rotatable bonds is 6. The third-order valence-electron chi connectivity index (χ3n) is 5.83. The van der Waals surface area contributed by atoms with Crippen molar-refractivity contribution in [3.05, 3.63) is 77.1 Å². The minimum atomic E-state index is -0.673. The Morgan fingerprint density at radius 3 is 2.52 bits per heavy atom. The van der Waals surface area contributed by atoms with Gasteiger partial charge in [0.05, 0.1) is 12.5 Å². The third-order valence-corrected chi connectivity index (χ3v) is 6.16. The summed E-state index contributed by atoms with van der Waals surface area (Å²) in [6.45, 7) is 1.54. The molecule has 3 aromatic rings. The van der Waals surface area contributed by atoms with Gasteiger partial charge in [0.25, 0.3) is 0 Å². The van der Waals surface area contributed by atoms with Crippen molar-refractivity contribution in [3.8, 4) is 11.1 Å². The number of nitrogens with zero attached hydrogens (tertiary/aromatic N) is 3. The molecule has 0 spiro atoms. The van der Waals surface area contributed by atoms with Gasteiger partial charge in [-0.2, -0.15) is 0 Å². The van der Waals surface area contributed by atoms with Crippen LogP contribution in [-0.2, 0) is 11.2 Å². The molecule has 1 amide bonds. The standard InChI is InChI=1S/C24H25ClN4O2/c25-21-5-2-1-4-19(21)17-6-7-20(18(14-17)15-22(26)30)23(31)16-8-12-29(13-9-16)24-27-10-3-11-28-24/h1-7,10-11,14,16,23,31H,8-9,12-13,15H2,(H2,26,30). The summed E-state index contributed by atoms with van der Waals surface area (Å²) in [6.07, 6.45) is 4.48. The van der Waals surface area contributed by atoms with Crippen LogP contribution in [0.15, 0.2) is 60.9 Å². The van der Waals surface area contributed by atoms with Gasteiger partial charge in [0.1, 0.15) is 0 Å². The smallest absolute Gasteiger partial charge is 0.225 e. The number of primary amides is 1. The van der Waals surface area contributed by atoms with Gasteiger partial charge in [-0.3, -0.25) is 4.79 Å². The molecule has 3 N–H and O–H groups in total. The number of halogens is 1. The molecule has 1 unspecified atom stereocenters. The molecule has 1 fully saturated rings. The third kappa shape index (κ3) is 4.86. The van der Waals surface area contributed by atoms with Crippen LogP contribution in [0, 0.1) is 5.92 Å². The monoisotopic (exact) mass is 436 g/mol. The van der Waals surface area contributed by atoms with E-state index in [0.717, 1.165) is 48.2 Å². The fraction of sp³-hybridized carbons (Fsp3) is 0.292. The van der Waals surface area contributed by atoms with Gasteiger partial charge in [0.2, 0.25) is 11.9 Å². The van der Waals surface area contributed by atoms with Crippen molar-refractivity contribution in [2.45, 2.75) is 25.4 Å². The number of hydrogen-bond acceptors (Lipinski definition) is 5. The molecule has 2 aromatic carbocycles. The van der Waals surface area contributed by atoms with E-state index in [1.165, 1.54) is 0 Å². The number of anilines is 1. The number of piperidine rings is 1. The Morgan fingerprint density at radius 1 is 1.13 bits per heavy atom. The lowest BCUT2D eigenvalue weighted by atomic mass is 9.84. The number of amides is 1. The maximum atomic E-state index is 11.7. The van der Waals surface area contributed by atoms with Gasteiger partial charge in [0.15, 0.2) is 0 Å². The molecule has 1 saturated heterocycles. The molecule has 0 bridgehead atoms. The van der Waals surface area contributed by atoms with Crippen LogP contribution in [0.1, 0.15) is 30.1 Å². The Hall–Kier alpha value is -2.96. The van der Waals surface area contributed by atoms with Crippen LogP contribution in [0.4, 0.5) is 5.95 Å². The molecular formula is C24H25ClN4O2. The summed E-state index contributed by atoms with van der Waals surface area (Å²) >= 11 is 6.35. The van der Waals surface area contributed by atoms with E-state index >= 15 is 0 Å². The first-order valence-electron chi connectivity index (χ1n) is 10.4. The Labute approximate surface area is 186 Å². The average molecular weight is 437 g/mol. The molecule has 31 heavy (non-hydrogen) atoms. The molecule has 1 aromatic heterocycles. The van der Waals surface area contributed by atoms with Gasteiger partial charge >= 0.3 is 0 Å². The maximum absolute atomic E-state index is 11.7. The lowest BCUT2D eigenvalue weighted by Crippen LogP contribution is -2.36. The number of aliphatic hydroxyl groups excluding tert-OH is 1. The van der Waals surface area contributed by atoms with Crippen LogP contribution in [0.5, 0.6) is 0 Å². The Balaban J connectivity index is 1.55. The van der Waals surface area contributed by atoms with Crippen molar-refractivity contribution >= 4 is 23.5 Å². The summed E-state index contributed by atoms with van der Waals surface area (Å²) in [6, 6.07) is 15.1. The number of benzene rings is 2. The second-order valence-electron chi connectivity index (χ2n) is 7.85. The minimum Gasteiger partial charge on any atom is -0.388 e. The highest BCUT2D eigenvalue weighted by Gasteiger charge is 2.29. The molecule has 1 atom stereocenters. The number of aliphatic hydroxyl groups is 1. The largest absolute Gasteiger partial charge is 0.388 e. The van der Waals surface area contributed by atoms with Crippen molar-refractivity contribution in [2.75, 3.05) is 18.0 Å². The summed E-state index contributed by atoms with van der Waals surface area (Å²) in [5.74, 6) is 0.368. The molecule has 1 aliphatic heterocycles. The van der Waals surface area contributed by atoms with Crippen LogP contribution in [0.3, 0.4) is 0 Å². The lowest BCUT2D eigenvalue weighted by molar-refractivity contribution is -0.117. The van der Waals surface area contributed by atoms with Gasteiger partial charge in [-0.15, -0.1) is 0 Å². The summed E-state index contributed by atoms with van der Waals surface area (Å²) in [5, 5.41) is 11.8. The first kappa shape index (κ1) is 21.3. The fourth-order valence-electron chi connectivity index (χ4n) is 4.22. The Bertz CT molecular complexity index is 1050. The fourth-order valence-corrected chi connectivity index (χ4v) is 4.47. The SMILES string of the molecule is NC(=O)Cc1cc(-c2ccccc2Cl)ccc1C(O)C1CCN(c2ncccn2)CC1. The van der Waals surface area contributed by atoms with Crippen LogP contribution in [0.25, 0.3) is 11.1 Å². The predicted octanol–water partition coefficient (Wildman–Crippen LogP) is 3.77. The van der Waals surface area contributed by atoms with Crippen LogP contribution < -0.4 is 10.6 Å². The summed E-state index contributed by atoms with van der Waals surface area (Å²) < 4.78 is 0. The second kappa shape index (κ2) is 9.45. The number of hydrogen-bond donors (Lipinski definition) is 2. The van der Waals surface area contributed by atoms with Crippen LogP contribution in [-0.4, -0.2) is 34.1 Å². The molecule has 1 aliphatic rings. The van der Waals surface area contributed by atoms with Gasteiger partial charge in [-0.25, -0.2) is 9.97 Å². The first-order valence-corrected chi connectivity index (χ1v) is 10.8. The van der Waals surface area contributed by atoms with Crippen LogP contribution >= 0.6 is 11.6 Å². The molecule has 160 valence electrons. The summed E-state index contributed by atoms with van der Waals surface area (Å²) in [4.78, 5) is 22.5. The highest BCUT2D eigenvalue weighted by Crippen LogP contribution is 2.36. The van der Waals surface area contributed by atoms with Gasteiger partial charge < -0.3 is 15.7 Å². The van der Waals surface area contributed by atoms with Crippen molar-refractivity contribution in [2.24, 2.45) is 11.7 Å². The molecule has 2 heterocycles. The molecule has 0 saturated carbocycles. The zero-order valence-corrected chi connectivity index (χ0v) is 17.9. The quantitative estimate of drug-likeness (QED) is 0.613. The van der Waals surface area contributed by atoms with E-state index in [9.17, 15) is 9.90 Å². The van der Waals surface area contributed by atoms with Crippen molar-refractivity contribution in [3.63, 3.8) is 0 Å². The minimum absolute atomic E-state index is 0.0708. The average Bonchev–Trinajstić information content (AvgIpc) is 2.79. The maximum Gasteiger partial charge on any atom is 0.225 e. The number of nitrogens with two attached hydrogens (primary N) is 1. The number of carbonyl (C=O) groups is 1. The normalized spacial score (nSPS) is 15.6. The first-order chi connectivity index (χ1) is 15.0. The van der Waals surface area contributed by atoms with Gasteiger partial charge in [-0.1, -0.05) is 48.0 Å². The highest BCUT2D eigenvalue weighted by atomic mass is 35.5. The van der Waals surface area contributed by atoms with E-state index < -0.39 is 12.0 Å². The van der Waals surface area contributed by atoms with E-state index in [1.54, 1.807) is 18.5 Å². The van der Waals surface area contributed by atoms with E-state index in [4.69, 9.17) is 17.3 Å². The molecule has 4 rings (SSSR count). The molecule has 0 aliphatic carbocycles. The topological polar surface area (TPSA) is 92.3 Å². The molecule has 6 nitrogen and oxygen atoms in total. The van der Waals surface area contributed by atoms with E-state index in [0.29, 0.717) is 11.0 Å². The number of aromatic nitrogens is 2.